The molecule has 3 N–H and O–H groups in total. The van der Waals surface area contributed by atoms with Gasteiger partial charge in [0.05, 0.1) is 46.5 Å². The molecule has 4 rings (SSSR count). The van der Waals surface area contributed by atoms with E-state index in [1.165, 1.54) is 6.07 Å². The fourth-order valence-electron chi connectivity index (χ4n) is 4.95. The second-order valence-corrected chi connectivity index (χ2v) is 9.76. The molecule has 1 unspecified atom stereocenters. The summed E-state index contributed by atoms with van der Waals surface area (Å²) in [6, 6.07) is 13.5. The maximum absolute atomic E-state index is 13.3. The Morgan fingerprint density at radius 3 is 2.60 bits per heavy atom. The van der Waals surface area contributed by atoms with E-state index in [9.17, 15) is 9.59 Å². The molecule has 2 heterocycles. The van der Waals surface area contributed by atoms with Crippen LogP contribution < -0.4 is 11.1 Å². The van der Waals surface area contributed by atoms with Gasteiger partial charge in [0.2, 0.25) is 5.91 Å². The van der Waals surface area contributed by atoms with E-state index in [0.717, 1.165) is 0 Å². The number of halogens is 1. The fraction of sp³-hybridized carbons (Fsp3) is 0.385. The van der Waals surface area contributed by atoms with Crippen molar-refractivity contribution in [2.24, 2.45) is 10.7 Å². The van der Waals surface area contributed by atoms with Gasteiger partial charge >= 0.3 is 0 Å². The van der Waals surface area contributed by atoms with Crippen molar-refractivity contribution in [3.05, 3.63) is 64.2 Å². The number of hydrogen-bond donors (Lipinski definition) is 2. The van der Waals surface area contributed by atoms with Gasteiger partial charge in [0.1, 0.15) is 0 Å². The van der Waals surface area contributed by atoms with Crippen molar-refractivity contribution in [2.75, 3.05) is 5.32 Å². The number of aliphatic imine (C=N–C) groups is 1. The van der Waals surface area contributed by atoms with Crippen molar-refractivity contribution in [2.45, 2.75) is 63.8 Å². The number of carbonyl (C=O) groups excluding carboxylic acids is 2. The molecule has 35 heavy (non-hydrogen) atoms. The third-order valence-corrected chi connectivity index (χ3v) is 6.90. The summed E-state index contributed by atoms with van der Waals surface area (Å²) in [6.07, 6.45) is 1.54. The van der Waals surface area contributed by atoms with Crippen LogP contribution in [0.2, 0.25) is 5.02 Å². The zero-order valence-corrected chi connectivity index (χ0v) is 20.7. The molecule has 0 aliphatic carbocycles. The summed E-state index contributed by atoms with van der Waals surface area (Å²) in [5.74, 6) is -0.359. The number of guanidine groups is 1. The Morgan fingerprint density at radius 2 is 1.94 bits per heavy atom. The number of nitrogens with one attached hydrogen (secondary N) is 1. The highest BCUT2D eigenvalue weighted by molar-refractivity contribution is 6.35. The van der Waals surface area contributed by atoms with Crippen LogP contribution in [0.25, 0.3) is 0 Å². The van der Waals surface area contributed by atoms with Gasteiger partial charge in [-0.3, -0.25) is 14.5 Å². The SMILES string of the molecule is C[C@@H]1CC(N2C(=O)C[C@@](C)(c3cccc(NC(=O)c4cccc(C#N)c4)c3Cl)N=C2N)C[C@H](C)O1. The van der Waals surface area contributed by atoms with E-state index in [1.807, 2.05) is 26.8 Å². The number of hydrogen-bond acceptors (Lipinski definition) is 6. The Bertz CT molecular complexity index is 1230. The number of nitrogens with zero attached hydrogens (tertiary/aromatic N) is 3. The van der Waals surface area contributed by atoms with E-state index < -0.39 is 11.4 Å². The average Bonchev–Trinajstić information content (AvgIpc) is 2.79. The number of rotatable bonds is 4. The zero-order valence-electron chi connectivity index (χ0n) is 19.9. The van der Waals surface area contributed by atoms with Gasteiger partial charge in [0.25, 0.3) is 5.91 Å². The van der Waals surface area contributed by atoms with Gasteiger partial charge < -0.3 is 15.8 Å². The van der Waals surface area contributed by atoms with E-state index >= 15 is 0 Å². The smallest absolute Gasteiger partial charge is 0.255 e. The number of nitriles is 1. The van der Waals surface area contributed by atoms with Crippen molar-refractivity contribution in [1.82, 2.24) is 4.90 Å². The third-order valence-electron chi connectivity index (χ3n) is 6.49. The molecule has 9 heteroatoms. The molecule has 2 aromatic rings. The van der Waals surface area contributed by atoms with Gasteiger partial charge in [-0.15, -0.1) is 0 Å². The van der Waals surface area contributed by atoms with Gasteiger partial charge in [-0.2, -0.15) is 5.26 Å². The molecular formula is C26H28ClN5O3. The molecule has 1 saturated heterocycles. The molecule has 2 amide bonds. The minimum absolute atomic E-state index is 0.0289. The van der Waals surface area contributed by atoms with E-state index in [4.69, 9.17) is 32.3 Å². The van der Waals surface area contributed by atoms with Crippen LogP contribution in [0.3, 0.4) is 0 Å². The Kier molecular flexibility index (Phi) is 6.84. The van der Waals surface area contributed by atoms with E-state index in [0.29, 0.717) is 35.2 Å². The fourth-order valence-corrected chi connectivity index (χ4v) is 5.33. The molecule has 0 spiro atoms. The highest BCUT2D eigenvalue weighted by Crippen LogP contribution is 2.41. The van der Waals surface area contributed by atoms with E-state index in [2.05, 4.69) is 5.32 Å². The van der Waals surface area contributed by atoms with Gasteiger partial charge in [0.15, 0.2) is 5.96 Å². The van der Waals surface area contributed by atoms with Crippen molar-refractivity contribution < 1.29 is 14.3 Å². The van der Waals surface area contributed by atoms with Gasteiger partial charge in [-0.1, -0.05) is 29.8 Å². The van der Waals surface area contributed by atoms with Crippen LogP contribution in [-0.4, -0.2) is 40.9 Å². The number of amides is 2. The Hall–Kier alpha value is -3.41. The number of carbonyl (C=O) groups is 2. The summed E-state index contributed by atoms with van der Waals surface area (Å²) in [5.41, 5.74) is 7.06. The molecule has 2 aliphatic heterocycles. The molecular weight excluding hydrogens is 466 g/mol. The molecule has 4 atom stereocenters. The first-order chi connectivity index (χ1) is 16.6. The van der Waals surface area contributed by atoms with E-state index in [1.54, 1.807) is 41.3 Å². The molecule has 1 fully saturated rings. The van der Waals surface area contributed by atoms with Gasteiger partial charge in [0, 0.05) is 17.2 Å². The van der Waals surface area contributed by atoms with Crippen molar-refractivity contribution >= 4 is 35.1 Å². The standard InChI is InChI=1S/C26H28ClN5O3/c1-15-10-19(11-16(2)35-15)32-22(33)13-26(3,31-25(32)29)20-8-5-9-21(23(20)27)30-24(34)18-7-4-6-17(12-18)14-28/h4-9,12,15-16,19H,10-11,13H2,1-3H3,(H2,29,31)(H,30,34)/t15-,16+,19?,26-/m0/s1. The number of nitrogens with two attached hydrogens (primary N) is 1. The van der Waals surface area contributed by atoms with Crippen LogP contribution in [0.5, 0.6) is 0 Å². The summed E-state index contributed by atoms with van der Waals surface area (Å²) in [4.78, 5) is 32.4. The maximum Gasteiger partial charge on any atom is 0.255 e. The maximum atomic E-state index is 13.3. The highest BCUT2D eigenvalue weighted by Gasteiger charge is 2.43. The molecule has 0 aromatic heterocycles. The third kappa shape index (κ3) is 5.02. The molecule has 0 radical (unpaired) electrons. The number of ether oxygens (including phenoxy) is 1. The lowest BCUT2D eigenvalue weighted by atomic mass is 9.86. The molecule has 0 bridgehead atoms. The summed E-state index contributed by atoms with van der Waals surface area (Å²) in [7, 11) is 0. The summed E-state index contributed by atoms with van der Waals surface area (Å²) in [5, 5.41) is 12.2. The lowest BCUT2D eigenvalue weighted by molar-refractivity contribution is -0.135. The topological polar surface area (TPSA) is 121 Å². The van der Waals surface area contributed by atoms with Crippen LogP contribution in [0, 0.1) is 11.3 Å². The Balaban J connectivity index is 1.61. The summed E-state index contributed by atoms with van der Waals surface area (Å²) in [6.45, 7) is 5.79. The van der Waals surface area contributed by atoms with E-state index in [-0.39, 0.29) is 41.6 Å². The first-order valence-electron chi connectivity index (χ1n) is 11.5. The highest BCUT2D eigenvalue weighted by atomic mass is 35.5. The molecule has 2 aromatic carbocycles. The predicted molar refractivity (Wildman–Crippen MR) is 134 cm³/mol. The largest absolute Gasteiger partial charge is 0.375 e. The Morgan fingerprint density at radius 1 is 1.26 bits per heavy atom. The molecule has 182 valence electrons. The second kappa shape index (κ2) is 9.68. The van der Waals surface area contributed by atoms with Crippen LogP contribution in [0.1, 0.15) is 61.5 Å². The van der Waals surface area contributed by atoms with Gasteiger partial charge in [-0.25, -0.2) is 4.99 Å². The van der Waals surface area contributed by atoms with Crippen LogP contribution >= 0.6 is 11.6 Å². The van der Waals surface area contributed by atoms with Gasteiger partial charge in [-0.05, 0) is 57.9 Å². The molecule has 0 saturated carbocycles. The van der Waals surface area contributed by atoms with Crippen LogP contribution in [0.4, 0.5) is 5.69 Å². The second-order valence-electron chi connectivity index (χ2n) is 9.38. The summed E-state index contributed by atoms with van der Waals surface area (Å²) < 4.78 is 5.81. The summed E-state index contributed by atoms with van der Waals surface area (Å²) >= 11 is 6.72. The number of benzene rings is 2. The minimum atomic E-state index is -0.987. The van der Waals surface area contributed by atoms with Crippen LogP contribution in [-0.2, 0) is 15.1 Å². The normalized spacial score (nSPS) is 26.6. The van der Waals surface area contributed by atoms with Crippen LogP contribution in [0.15, 0.2) is 47.5 Å². The van der Waals surface area contributed by atoms with Crippen molar-refractivity contribution in [1.29, 1.82) is 5.26 Å². The minimum Gasteiger partial charge on any atom is -0.375 e. The first-order valence-corrected chi connectivity index (χ1v) is 11.9. The van der Waals surface area contributed by atoms with Crippen molar-refractivity contribution in [3.63, 3.8) is 0 Å². The first kappa shape index (κ1) is 24.7. The van der Waals surface area contributed by atoms with Crippen molar-refractivity contribution in [3.8, 4) is 6.07 Å². The number of anilines is 1. The lowest BCUT2D eigenvalue weighted by Gasteiger charge is -2.43. The predicted octanol–water partition coefficient (Wildman–Crippen LogP) is 4.18. The molecule has 8 nitrogen and oxygen atoms in total. The lowest BCUT2D eigenvalue weighted by Crippen LogP contribution is -2.56. The Labute approximate surface area is 209 Å². The zero-order chi connectivity index (χ0) is 25.3. The quantitative estimate of drug-likeness (QED) is 0.661. The monoisotopic (exact) mass is 493 g/mol. The average molecular weight is 494 g/mol. The molecule has 2 aliphatic rings.